The number of fused-ring (bicyclic) bond motifs is 2. The summed E-state index contributed by atoms with van der Waals surface area (Å²) < 4.78 is 29.5. The Morgan fingerprint density at radius 2 is 1.97 bits per heavy atom. The fourth-order valence-electron chi connectivity index (χ4n) is 3.44. The van der Waals surface area contributed by atoms with Gasteiger partial charge in [0.1, 0.15) is 11.2 Å². The maximum Gasteiger partial charge on any atom is 0.257 e. The zero-order valence-electron chi connectivity index (χ0n) is 15.9. The molecular weight excluding hydrogens is 460 g/mol. The summed E-state index contributed by atoms with van der Waals surface area (Å²) in [7, 11) is -3.89. The molecule has 1 aliphatic rings. The third-order valence-corrected chi connectivity index (χ3v) is 8.17. The fraction of sp³-hybridized carbons (Fsp3) is 0.158. The maximum atomic E-state index is 13.3. The molecule has 0 fully saturated rings. The fourth-order valence-corrected chi connectivity index (χ4v) is 6.07. The van der Waals surface area contributed by atoms with Crippen LogP contribution in [0.2, 0.25) is 5.02 Å². The van der Waals surface area contributed by atoms with Gasteiger partial charge in [0.05, 0.1) is 5.02 Å². The molecule has 31 heavy (non-hydrogen) atoms. The van der Waals surface area contributed by atoms with Gasteiger partial charge in [-0.1, -0.05) is 47.2 Å². The zero-order chi connectivity index (χ0) is 21.6. The summed E-state index contributed by atoms with van der Waals surface area (Å²) in [5.74, 6) is -0.498. The smallest absolute Gasteiger partial charge is 0.257 e. The number of carbonyl (C=O) groups is 1. The summed E-state index contributed by atoms with van der Waals surface area (Å²) in [5.41, 5.74) is 2.26. The van der Waals surface area contributed by atoms with E-state index >= 15 is 0 Å². The van der Waals surface area contributed by atoms with Gasteiger partial charge in [0.25, 0.3) is 5.91 Å². The van der Waals surface area contributed by atoms with Crippen LogP contribution in [0.25, 0.3) is 4.96 Å². The van der Waals surface area contributed by atoms with E-state index in [1.807, 2.05) is 24.3 Å². The number of hydrogen-bond donors (Lipinski definition) is 1. The zero-order valence-corrected chi connectivity index (χ0v) is 18.3. The summed E-state index contributed by atoms with van der Waals surface area (Å²) in [6.45, 7) is 0.608. The standard InChI is InChI=1S/C19H15ClN6O3S2/c20-15-6-5-13(17(27)22-18-24-26-11-21-23-19(26)30-18)9-16(15)31(28,29)25-8-7-12-3-1-2-4-14(12)10-25/h1-6,9,11H,7-8,10H2,(H,22,24,27). The number of aromatic nitrogens is 4. The van der Waals surface area contributed by atoms with Crippen molar-refractivity contribution in [1.29, 1.82) is 0 Å². The van der Waals surface area contributed by atoms with Crippen LogP contribution in [-0.2, 0) is 23.0 Å². The Balaban J connectivity index is 1.42. The second kappa shape index (κ2) is 7.68. The van der Waals surface area contributed by atoms with Crippen molar-refractivity contribution in [3.05, 3.63) is 70.5 Å². The Kier molecular flexibility index (Phi) is 4.97. The molecule has 0 bridgehead atoms. The molecule has 158 valence electrons. The number of nitrogens with one attached hydrogen (secondary N) is 1. The lowest BCUT2D eigenvalue weighted by atomic mass is 10.0. The highest BCUT2D eigenvalue weighted by atomic mass is 35.5. The van der Waals surface area contributed by atoms with Gasteiger partial charge in [0.15, 0.2) is 0 Å². The summed E-state index contributed by atoms with van der Waals surface area (Å²) >= 11 is 7.39. The highest BCUT2D eigenvalue weighted by molar-refractivity contribution is 7.89. The molecule has 3 heterocycles. The molecule has 0 saturated carbocycles. The number of nitrogens with zero attached hydrogens (tertiary/aromatic N) is 5. The molecule has 4 aromatic rings. The molecule has 0 aliphatic carbocycles. The van der Waals surface area contributed by atoms with E-state index in [4.69, 9.17) is 11.6 Å². The Morgan fingerprint density at radius 1 is 1.16 bits per heavy atom. The minimum atomic E-state index is -3.89. The molecule has 5 rings (SSSR count). The van der Waals surface area contributed by atoms with Gasteiger partial charge in [-0.2, -0.15) is 8.82 Å². The van der Waals surface area contributed by atoms with Crippen LogP contribution < -0.4 is 5.32 Å². The van der Waals surface area contributed by atoms with E-state index in [9.17, 15) is 13.2 Å². The summed E-state index contributed by atoms with van der Waals surface area (Å²) in [5, 5.41) is 14.8. The number of hydrogen-bond acceptors (Lipinski definition) is 7. The van der Waals surface area contributed by atoms with Crippen LogP contribution >= 0.6 is 22.9 Å². The Morgan fingerprint density at radius 3 is 2.77 bits per heavy atom. The molecular formula is C19H15ClN6O3S2. The van der Waals surface area contributed by atoms with Gasteiger partial charge in [-0.25, -0.2) is 8.42 Å². The lowest BCUT2D eigenvalue weighted by molar-refractivity contribution is 0.102. The molecule has 2 aromatic heterocycles. The van der Waals surface area contributed by atoms with Crippen molar-refractivity contribution in [2.24, 2.45) is 0 Å². The SMILES string of the molecule is O=C(Nc1nn2cnnc2s1)c1ccc(Cl)c(S(=O)(=O)N2CCc3ccccc3C2)c1. The summed E-state index contributed by atoms with van der Waals surface area (Å²) in [4.78, 5) is 13.1. The summed E-state index contributed by atoms with van der Waals surface area (Å²) in [6.07, 6.45) is 2.04. The first-order chi connectivity index (χ1) is 14.9. The van der Waals surface area contributed by atoms with E-state index in [0.29, 0.717) is 23.1 Å². The van der Waals surface area contributed by atoms with Gasteiger partial charge >= 0.3 is 0 Å². The monoisotopic (exact) mass is 474 g/mol. The van der Waals surface area contributed by atoms with Gasteiger partial charge in [0, 0.05) is 18.7 Å². The average Bonchev–Trinajstić information content (AvgIpc) is 3.35. The molecule has 2 aromatic carbocycles. The minimum absolute atomic E-state index is 0.0641. The number of carbonyl (C=O) groups excluding carboxylic acids is 1. The lowest BCUT2D eigenvalue weighted by Crippen LogP contribution is -2.36. The number of amides is 1. The number of sulfonamides is 1. The van der Waals surface area contributed by atoms with Crippen LogP contribution in [0.5, 0.6) is 0 Å². The van der Waals surface area contributed by atoms with E-state index in [0.717, 1.165) is 22.5 Å². The molecule has 0 unspecified atom stereocenters. The van der Waals surface area contributed by atoms with E-state index in [1.54, 1.807) is 0 Å². The molecule has 1 N–H and O–H groups in total. The third-order valence-electron chi connectivity index (χ3n) is 5.01. The third kappa shape index (κ3) is 3.69. The largest absolute Gasteiger partial charge is 0.296 e. The van der Waals surface area contributed by atoms with E-state index < -0.39 is 15.9 Å². The first-order valence-electron chi connectivity index (χ1n) is 9.26. The molecule has 0 radical (unpaired) electrons. The molecule has 12 heteroatoms. The van der Waals surface area contributed by atoms with Crippen molar-refractivity contribution in [2.75, 3.05) is 11.9 Å². The van der Waals surface area contributed by atoms with Crippen molar-refractivity contribution in [2.45, 2.75) is 17.9 Å². The van der Waals surface area contributed by atoms with E-state index in [1.165, 1.54) is 33.3 Å². The van der Waals surface area contributed by atoms with Gasteiger partial charge in [-0.05, 0) is 35.7 Å². The highest BCUT2D eigenvalue weighted by Gasteiger charge is 2.30. The van der Waals surface area contributed by atoms with Crippen molar-refractivity contribution < 1.29 is 13.2 Å². The molecule has 9 nitrogen and oxygen atoms in total. The van der Waals surface area contributed by atoms with Crippen LogP contribution in [0.3, 0.4) is 0 Å². The molecule has 0 atom stereocenters. The predicted molar refractivity (Wildman–Crippen MR) is 116 cm³/mol. The van der Waals surface area contributed by atoms with Gasteiger partial charge in [0.2, 0.25) is 20.1 Å². The molecule has 1 amide bonds. The number of benzene rings is 2. The predicted octanol–water partition coefficient (Wildman–Crippen LogP) is 2.84. The Hall–Kier alpha value is -2.86. The van der Waals surface area contributed by atoms with Crippen LogP contribution in [-0.4, -0.2) is 45.0 Å². The van der Waals surface area contributed by atoms with Gasteiger partial charge < -0.3 is 0 Å². The second-order valence-corrected chi connectivity index (χ2v) is 10.2. The lowest BCUT2D eigenvalue weighted by Gasteiger charge is -2.28. The van der Waals surface area contributed by atoms with Crippen LogP contribution in [0.4, 0.5) is 5.13 Å². The first kappa shape index (κ1) is 20.1. The van der Waals surface area contributed by atoms with Crippen LogP contribution in [0.1, 0.15) is 21.5 Å². The topological polar surface area (TPSA) is 110 Å². The molecule has 1 aliphatic heterocycles. The second-order valence-electron chi connectivity index (χ2n) is 6.92. The number of anilines is 1. The van der Waals surface area contributed by atoms with Crippen molar-refractivity contribution in [3.63, 3.8) is 0 Å². The van der Waals surface area contributed by atoms with E-state index in [-0.39, 0.29) is 22.0 Å². The van der Waals surface area contributed by atoms with Crippen molar-refractivity contribution >= 4 is 49.0 Å². The van der Waals surface area contributed by atoms with Crippen LogP contribution in [0.15, 0.2) is 53.7 Å². The average molecular weight is 475 g/mol. The van der Waals surface area contributed by atoms with Gasteiger partial charge in [-0.15, -0.1) is 15.3 Å². The van der Waals surface area contributed by atoms with Crippen molar-refractivity contribution in [3.8, 4) is 0 Å². The minimum Gasteiger partial charge on any atom is -0.296 e. The van der Waals surface area contributed by atoms with E-state index in [2.05, 4.69) is 20.6 Å². The molecule has 0 saturated heterocycles. The van der Waals surface area contributed by atoms with Crippen LogP contribution in [0, 0.1) is 0 Å². The Labute approximate surface area is 186 Å². The maximum absolute atomic E-state index is 13.3. The number of halogens is 1. The Bertz CT molecular complexity index is 1390. The summed E-state index contributed by atoms with van der Waals surface area (Å²) in [6, 6.07) is 11.9. The molecule has 0 spiro atoms. The van der Waals surface area contributed by atoms with Gasteiger partial charge in [-0.3, -0.25) is 10.1 Å². The number of rotatable bonds is 4. The first-order valence-corrected chi connectivity index (χ1v) is 11.9. The quantitative estimate of drug-likeness (QED) is 0.487. The highest BCUT2D eigenvalue weighted by Crippen LogP contribution is 2.30. The van der Waals surface area contributed by atoms with Crippen molar-refractivity contribution in [1.82, 2.24) is 24.1 Å². The normalized spacial score (nSPS) is 14.5.